The van der Waals surface area contributed by atoms with E-state index in [0.29, 0.717) is 23.7 Å². The summed E-state index contributed by atoms with van der Waals surface area (Å²) >= 11 is 0. The SMILES string of the molecule is NC(=O)c1cc(-c2nc3ccccc3n(C3CC4CCCC(C3)N4C3CC4CC5CC(C3)C5C4)c2=O)c[nH]c1=O. The molecule has 4 heterocycles. The van der Waals surface area contributed by atoms with Crippen LogP contribution in [0.5, 0.6) is 0 Å². The number of hydrogen-bond donors (Lipinski definition) is 2. The van der Waals surface area contributed by atoms with E-state index in [1.165, 1.54) is 63.6 Å². The van der Waals surface area contributed by atoms with E-state index in [9.17, 15) is 14.4 Å². The highest BCUT2D eigenvalue weighted by Gasteiger charge is 2.53. The van der Waals surface area contributed by atoms with Gasteiger partial charge in [0.25, 0.3) is 17.0 Å². The number of pyridine rings is 1. The van der Waals surface area contributed by atoms with E-state index < -0.39 is 11.5 Å². The van der Waals surface area contributed by atoms with Crippen LogP contribution in [-0.4, -0.2) is 43.5 Å². The lowest BCUT2D eigenvalue weighted by Gasteiger charge is -2.54. The minimum Gasteiger partial charge on any atom is -0.365 e. The second-order valence-electron chi connectivity index (χ2n) is 13.3. The summed E-state index contributed by atoms with van der Waals surface area (Å²) in [6.07, 6.45) is 14.2. The summed E-state index contributed by atoms with van der Waals surface area (Å²) in [5.41, 5.74) is 6.75. The van der Waals surface area contributed by atoms with Gasteiger partial charge in [0.2, 0.25) is 0 Å². The number of nitrogens with one attached hydrogen (secondary N) is 1. The normalized spacial score (nSPS) is 34.8. The van der Waals surface area contributed by atoms with Gasteiger partial charge >= 0.3 is 0 Å². The van der Waals surface area contributed by atoms with E-state index in [1.807, 2.05) is 28.8 Å². The summed E-state index contributed by atoms with van der Waals surface area (Å²) in [5, 5.41) is 0. The molecule has 7 unspecified atom stereocenters. The van der Waals surface area contributed by atoms with Gasteiger partial charge in [0, 0.05) is 35.9 Å². The number of H-pyrrole nitrogens is 1. The number of nitrogens with two attached hydrogens (primary N) is 1. The Hall–Kier alpha value is -3.26. The number of benzene rings is 1. The number of piperidine rings is 2. The summed E-state index contributed by atoms with van der Waals surface area (Å²) < 4.78 is 1.97. The van der Waals surface area contributed by atoms with Gasteiger partial charge < -0.3 is 15.3 Å². The topological polar surface area (TPSA) is 114 Å². The molecule has 5 aliphatic rings. The summed E-state index contributed by atoms with van der Waals surface area (Å²) in [6, 6.07) is 11.0. The number of aromatic amines is 1. The van der Waals surface area contributed by atoms with Gasteiger partial charge in [0.05, 0.1) is 11.0 Å². The predicted molar refractivity (Wildman–Crippen MR) is 153 cm³/mol. The number of para-hydroxylation sites is 2. The number of fused-ring (bicyclic) bond motifs is 4. The van der Waals surface area contributed by atoms with E-state index in [0.717, 1.165) is 47.5 Å². The van der Waals surface area contributed by atoms with Crippen molar-refractivity contribution in [3.8, 4) is 11.3 Å². The smallest absolute Gasteiger partial charge is 0.277 e. The lowest BCUT2D eigenvalue weighted by molar-refractivity contribution is -0.0437. The second-order valence-corrected chi connectivity index (χ2v) is 13.3. The van der Waals surface area contributed by atoms with Gasteiger partial charge in [-0.25, -0.2) is 4.98 Å². The van der Waals surface area contributed by atoms with Crippen LogP contribution >= 0.6 is 0 Å². The number of aromatic nitrogens is 3. The number of primary amides is 1. The van der Waals surface area contributed by atoms with Crippen LogP contribution in [0.2, 0.25) is 0 Å². The number of carbonyl (C=O) groups excluding carboxylic acids is 1. The summed E-state index contributed by atoms with van der Waals surface area (Å²) in [7, 11) is 0. The van der Waals surface area contributed by atoms with Gasteiger partial charge in [0.1, 0.15) is 11.3 Å². The average Bonchev–Trinajstić information content (AvgIpc) is 3.16. The minimum atomic E-state index is -0.825. The van der Waals surface area contributed by atoms with Crippen LogP contribution in [0.1, 0.15) is 80.6 Å². The molecule has 1 aromatic carbocycles. The van der Waals surface area contributed by atoms with E-state index >= 15 is 0 Å². The van der Waals surface area contributed by atoms with Crippen molar-refractivity contribution in [3.05, 3.63) is 62.8 Å². The van der Waals surface area contributed by atoms with Crippen molar-refractivity contribution in [2.45, 2.75) is 88.4 Å². The van der Waals surface area contributed by atoms with Crippen molar-refractivity contribution in [2.75, 3.05) is 0 Å². The zero-order chi connectivity index (χ0) is 27.1. The lowest BCUT2D eigenvalue weighted by Crippen LogP contribution is -2.58. The highest BCUT2D eigenvalue weighted by atomic mass is 16.2. The molecule has 40 heavy (non-hydrogen) atoms. The molecule has 1 amide bonds. The average molecular weight is 540 g/mol. The highest BCUT2D eigenvalue weighted by Crippen LogP contribution is 2.59. The number of carbonyl (C=O) groups is 1. The van der Waals surface area contributed by atoms with Crippen molar-refractivity contribution < 1.29 is 4.79 Å². The summed E-state index contributed by atoms with van der Waals surface area (Å²) in [6.45, 7) is 0. The second kappa shape index (κ2) is 9.13. The van der Waals surface area contributed by atoms with Gasteiger partial charge in [-0.15, -0.1) is 0 Å². The lowest BCUT2D eigenvalue weighted by atomic mass is 9.64. The molecule has 8 heteroatoms. The summed E-state index contributed by atoms with van der Waals surface area (Å²) in [5.74, 6) is 3.08. The van der Waals surface area contributed by atoms with Crippen molar-refractivity contribution in [3.63, 3.8) is 0 Å². The van der Waals surface area contributed by atoms with E-state index in [1.54, 1.807) is 0 Å². The molecule has 208 valence electrons. The number of amides is 1. The quantitative estimate of drug-likeness (QED) is 0.515. The van der Waals surface area contributed by atoms with Gasteiger partial charge in [-0.05, 0) is 99.7 Å². The molecule has 0 spiro atoms. The maximum absolute atomic E-state index is 14.2. The van der Waals surface area contributed by atoms with Crippen LogP contribution in [0.4, 0.5) is 0 Å². The molecule has 3 N–H and O–H groups in total. The van der Waals surface area contributed by atoms with Gasteiger partial charge in [-0.2, -0.15) is 0 Å². The molecule has 8 rings (SSSR count). The molecule has 7 atom stereocenters. The fourth-order valence-electron chi connectivity index (χ4n) is 9.73. The molecular weight excluding hydrogens is 502 g/mol. The standard InChI is InChI=1S/C32H37N5O3/c33-30(38)26-13-20(16-34-31(26)39)29-32(40)37(28-7-2-1-6-27(28)35-29)24-14-21-4-3-5-22(15-24)36(21)23-9-17-8-18-11-19(12-23)25(18)10-17/h1-2,6-7,13,16-19,21-25H,3-5,8-12,14-15H2,(H2,33,38)(H,34,39). The maximum Gasteiger partial charge on any atom is 0.277 e. The first kappa shape index (κ1) is 24.5. The van der Waals surface area contributed by atoms with Crippen LogP contribution in [0.15, 0.2) is 46.1 Å². The van der Waals surface area contributed by atoms with E-state index in [4.69, 9.17) is 10.7 Å². The first-order chi connectivity index (χ1) is 19.4. The molecule has 3 aromatic rings. The third kappa shape index (κ3) is 3.75. The molecule has 8 nitrogen and oxygen atoms in total. The predicted octanol–water partition coefficient (Wildman–Crippen LogP) is 4.23. The zero-order valence-corrected chi connectivity index (χ0v) is 22.8. The highest BCUT2D eigenvalue weighted by molar-refractivity contribution is 5.93. The van der Waals surface area contributed by atoms with E-state index in [-0.39, 0.29) is 22.9 Å². The Morgan fingerprint density at radius 2 is 1.68 bits per heavy atom. The Bertz CT molecular complexity index is 1610. The number of hydrogen-bond acceptors (Lipinski definition) is 5. The summed E-state index contributed by atoms with van der Waals surface area (Å²) in [4.78, 5) is 48.5. The third-order valence-electron chi connectivity index (χ3n) is 11.3. The maximum atomic E-state index is 14.2. The zero-order valence-electron chi connectivity index (χ0n) is 22.8. The van der Waals surface area contributed by atoms with Crippen molar-refractivity contribution in [1.29, 1.82) is 0 Å². The molecule has 2 aliphatic heterocycles. The van der Waals surface area contributed by atoms with Crippen LogP contribution in [-0.2, 0) is 0 Å². The molecule has 4 bridgehead atoms. The Morgan fingerprint density at radius 1 is 0.900 bits per heavy atom. The first-order valence-electron chi connectivity index (χ1n) is 15.3. The number of rotatable bonds is 4. The number of nitrogens with zero attached hydrogens (tertiary/aromatic N) is 3. The molecular formula is C32H37N5O3. The molecule has 2 aromatic heterocycles. The first-order valence-corrected chi connectivity index (χ1v) is 15.3. The Morgan fingerprint density at radius 3 is 2.48 bits per heavy atom. The van der Waals surface area contributed by atoms with Crippen molar-refractivity contribution in [1.82, 2.24) is 19.4 Å². The molecule has 0 radical (unpaired) electrons. The molecule has 5 fully saturated rings. The van der Waals surface area contributed by atoms with Gasteiger partial charge in [-0.1, -0.05) is 18.6 Å². The Balaban J connectivity index is 1.17. The monoisotopic (exact) mass is 539 g/mol. The van der Waals surface area contributed by atoms with Crippen LogP contribution in [0.3, 0.4) is 0 Å². The van der Waals surface area contributed by atoms with Gasteiger partial charge in [0.15, 0.2) is 0 Å². The molecule has 2 saturated heterocycles. The minimum absolute atomic E-state index is 0.0828. The van der Waals surface area contributed by atoms with Crippen LogP contribution in [0.25, 0.3) is 22.3 Å². The van der Waals surface area contributed by atoms with E-state index in [2.05, 4.69) is 9.88 Å². The Kier molecular flexibility index (Phi) is 5.60. The molecule has 3 aliphatic carbocycles. The third-order valence-corrected chi connectivity index (χ3v) is 11.3. The van der Waals surface area contributed by atoms with Crippen LogP contribution in [0, 0.1) is 23.7 Å². The fraction of sp³-hybridized carbons (Fsp3) is 0.562. The molecule has 3 saturated carbocycles. The van der Waals surface area contributed by atoms with Crippen molar-refractivity contribution >= 4 is 16.9 Å². The Labute approximate surface area is 233 Å². The fourth-order valence-corrected chi connectivity index (χ4v) is 9.73. The van der Waals surface area contributed by atoms with Gasteiger partial charge in [-0.3, -0.25) is 19.3 Å². The van der Waals surface area contributed by atoms with Crippen LogP contribution < -0.4 is 16.9 Å². The largest absolute Gasteiger partial charge is 0.365 e. The van der Waals surface area contributed by atoms with Crippen molar-refractivity contribution in [2.24, 2.45) is 29.4 Å².